The lowest BCUT2D eigenvalue weighted by Crippen LogP contribution is -2.18. The van der Waals surface area contributed by atoms with Gasteiger partial charge in [0.2, 0.25) is 5.75 Å². The van der Waals surface area contributed by atoms with Gasteiger partial charge in [0, 0.05) is 11.1 Å². The minimum atomic E-state index is -0.286. The molecule has 144 valence electrons. The third-order valence-corrected chi connectivity index (χ3v) is 4.12. The van der Waals surface area contributed by atoms with Gasteiger partial charge < -0.3 is 14.2 Å². The maximum Gasteiger partial charge on any atom is 0.271 e. The van der Waals surface area contributed by atoms with Crippen molar-refractivity contribution in [3.05, 3.63) is 53.1 Å². The Bertz CT molecular complexity index is 821. The van der Waals surface area contributed by atoms with Gasteiger partial charge in [0.1, 0.15) is 0 Å². The second-order valence-electron chi connectivity index (χ2n) is 6.95. The molecule has 6 nitrogen and oxygen atoms in total. The van der Waals surface area contributed by atoms with Crippen molar-refractivity contribution >= 4 is 12.1 Å². The summed E-state index contributed by atoms with van der Waals surface area (Å²) >= 11 is 0. The summed E-state index contributed by atoms with van der Waals surface area (Å²) in [5.74, 6) is 1.21. The molecule has 0 aliphatic heterocycles. The van der Waals surface area contributed by atoms with Crippen molar-refractivity contribution in [3.63, 3.8) is 0 Å². The molecular weight excluding hydrogens is 344 g/mol. The van der Waals surface area contributed by atoms with E-state index in [4.69, 9.17) is 14.2 Å². The van der Waals surface area contributed by atoms with E-state index in [9.17, 15) is 4.79 Å². The molecular formula is C21H26N2O4. The van der Waals surface area contributed by atoms with Crippen molar-refractivity contribution in [2.75, 3.05) is 21.3 Å². The lowest BCUT2D eigenvalue weighted by molar-refractivity contribution is 0.0955. The Balaban J connectivity index is 2.14. The van der Waals surface area contributed by atoms with E-state index < -0.39 is 0 Å². The molecule has 0 atom stereocenters. The van der Waals surface area contributed by atoms with E-state index in [2.05, 4.69) is 31.3 Å². The van der Waals surface area contributed by atoms with Crippen LogP contribution in [0.25, 0.3) is 0 Å². The monoisotopic (exact) mass is 370 g/mol. The number of ether oxygens (including phenoxy) is 3. The maximum absolute atomic E-state index is 12.3. The number of hydrazone groups is 1. The van der Waals surface area contributed by atoms with Gasteiger partial charge in [-0.3, -0.25) is 4.79 Å². The molecule has 0 aliphatic carbocycles. The Hall–Kier alpha value is -3.02. The summed E-state index contributed by atoms with van der Waals surface area (Å²) < 4.78 is 16.0. The van der Waals surface area contributed by atoms with E-state index in [0.717, 1.165) is 5.56 Å². The average molecular weight is 370 g/mol. The van der Waals surface area contributed by atoms with Crippen molar-refractivity contribution in [1.29, 1.82) is 0 Å². The van der Waals surface area contributed by atoms with Gasteiger partial charge in [-0.1, -0.05) is 32.9 Å². The first-order chi connectivity index (χ1) is 12.8. The van der Waals surface area contributed by atoms with E-state index in [0.29, 0.717) is 28.4 Å². The van der Waals surface area contributed by atoms with Crippen LogP contribution in [0, 0.1) is 0 Å². The molecule has 0 aliphatic rings. The number of nitrogens with zero attached hydrogens (tertiary/aromatic N) is 1. The summed E-state index contributed by atoms with van der Waals surface area (Å²) in [7, 11) is 4.62. The predicted molar refractivity (Wildman–Crippen MR) is 106 cm³/mol. The Morgan fingerprint density at radius 2 is 1.56 bits per heavy atom. The highest BCUT2D eigenvalue weighted by Gasteiger charge is 2.15. The molecule has 0 spiro atoms. The molecule has 0 aromatic heterocycles. The minimum absolute atomic E-state index is 0.0388. The highest BCUT2D eigenvalue weighted by Crippen LogP contribution is 2.38. The lowest BCUT2D eigenvalue weighted by Gasteiger charge is -2.18. The van der Waals surface area contributed by atoms with E-state index in [1.165, 1.54) is 20.4 Å². The number of benzene rings is 2. The van der Waals surface area contributed by atoms with Gasteiger partial charge in [-0.25, -0.2) is 5.43 Å². The fraction of sp³-hybridized carbons (Fsp3) is 0.333. The molecule has 0 radical (unpaired) electrons. The number of rotatable bonds is 6. The standard InChI is InChI=1S/C21H26N2O4/c1-21(2,3)16-10-7-14(8-11-16)20(24)23-22-13-15-9-12-17(25-4)19(27-6)18(15)26-5/h7-13H,1-6H3,(H,23,24)/b22-13+. The summed E-state index contributed by atoms with van der Waals surface area (Å²) in [6.45, 7) is 6.38. The summed E-state index contributed by atoms with van der Waals surface area (Å²) in [6, 6.07) is 11.0. The Labute approximate surface area is 160 Å². The maximum atomic E-state index is 12.3. The van der Waals surface area contributed by atoms with Crippen LogP contribution in [0.1, 0.15) is 42.3 Å². The molecule has 0 heterocycles. The Morgan fingerprint density at radius 3 is 2.07 bits per heavy atom. The van der Waals surface area contributed by atoms with Crippen LogP contribution in [-0.2, 0) is 5.41 Å². The normalized spacial score (nSPS) is 11.3. The van der Waals surface area contributed by atoms with Crippen LogP contribution in [0.3, 0.4) is 0 Å². The topological polar surface area (TPSA) is 69.2 Å². The third-order valence-electron chi connectivity index (χ3n) is 4.12. The fourth-order valence-corrected chi connectivity index (χ4v) is 2.57. The Morgan fingerprint density at radius 1 is 0.926 bits per heavy atom. The zero-order chi connectivity index (χ0) is 20.0. The highest BCUT2D eigenvalue weighted by atomic mass is 16.5. The highest BCUT2D eigenvalue weighted by molar-refractivity contribution is 5.95. The van der Waals surface area contributed by atoms with Gasteiger partial charge in [0.05, 0.1) is 27.5 Å². The molecule has 0 fully saturated rings. The number of methoxy groups -OCH3 is 3. The van der Waals surface area contributed by atoms with Crippen LogP contribution in [0.2, 0.25) is 0 Å². The van der Waals surface area contributed by atoms with Gasteiger partial charge in [-0.15, -0.1) is 0 Å². The quantitative estimate of drug-likeness (QED) is 0.621. The largest absolute Gasteiger partial charge is 0.493 e. The molecule has 6 heteroatoms. The molecule has 0 unspecified atom stereocenters. The second-order valence-corrected chi connectivity index (χ2v) is 6.95. The van der Waals surface area contributed by atoms with Crippen molar-refractivity contribution < 1.29 is 19.0 Å². The van der Waals surface area contributed by atoms with Crippen LogP contribution in [0.5, 0.6) is 17.2 Å². The van der Waals surface area contributed by atoms with Crippen LogP contribution in [0.15, 0.2) is 41.5 Å². The van der Waals surface area contributed by atoms with Crippen LogP contribution in [-0.4, -0.2) is 33.5 Å². The van der Waals surface area contributed by atoms with Crippen LogP contribution in [0.4, 0.5) is 0 Å². The molecule has 0 saturated heterocycles. The molecule has 0 saturated carbocycles. The SMILES string of the molecule is COc1ccc(/C=N/NC(=O)c2ccc(C(C)(C)C)cc2)c(OC)c1OC. The molecule has 1 amide bonds. The first kappa shape index (κ1) is 20.3. The zero-order valence-corrected chi connectivity index (χ0v) is 16.6. The lowest BCUT2D eigenvalue weighted by atomic mass is 9.87. The first-order valence-corrected chi connectivity index (χ1v) is 8.54. The van der Waals surface area contributed by atoms with Crippen molar-refractivity contribution in [2.45, 2.75) is 26.2 Å². The fourth-order valence-electron chi connectivity index (χ4n) is 2.57. The van der Waals surface area contributed by atoms with Crippen LogP contribution >= 0.6 is 0 Å². The van der Waals surface area contributed by atoms with Crippen molar-refractivity contribution in [2.24, 2.45) is 5.10 Å². The third kappa shape index (κ3) is 4.78. The molecule has 0 bridgehead atoms. The molecule has 2 aromatic rings. The number of carbonyl (C=O) groups is 1. The average Bonchev–Trinajstić information content (AvgIpc) is 2.66. The smallest absolute Gasteiger partial charge is 0.271 e. The predicted octanol–water partition coefficient (Wildman–Crippen LogP) is 3.77. The van der Waals surface area contributed by atoms with E-state index in [1.807, 2.05) is 12.1 Å². The summed E-state index contributed by atoms with van der Waals surface area (Å²) in [5.41, 5.74) is 4.92. The molecule has 1 N–H and O–H groups in total. The summed E-state index contributed by atoms with van der Waals surface area (Å²) in [5, 5.41) is 4.03. The summed E-state index contributed by atoms with van der Waals surface area (Å²) in [4.78, 5) is 12.3. The molecule has 2 aromatic carbocycles. The number of hydrogen-bond donors (Lipinski definition) is 1. The number of carbonyl (C=O) groups excluding carboxylic acids is 1. The Kier molecular flexibility index (Phi) is 6.45. The van der Waals surface area contributed by atoms with Crippen LogP contribution < -0.4 is 19.6 Å². The number of hydrogen-bond acceptors (Lipinski definition) is 5. The molecule has 27 heavy (non-hydrogen) atoms. The van der Waals surface area contributed by atoms with E-state index >= 15 is 0 Å². The molecule has 2 rings (SSSR count). The van der Waals surface area contributed by atoms with Gasteiger partial charge in [0.25, 0.3) is 5.91 Å². The first-order valence-electron chi connectivity index (χ1n) is 8.54. The van der Waals surface area contributed by atoms with Crippen molar-refractivity contribution in [3.8, 4) is 17.2 Å². The minimum Gasteiger partial charge on any atom is -0.493 e. The number of amides is 1. The van der Waals surface area contributed by atoms with Crippen molar-refractivity contribution in [1.82, 2.24) is 5.43 Å². The van der Waals surface area contributed by atoms with E-state index in [1.54, 1.807) is 31.4 Å². The van der Waals surface area contributed by atoms with Gasteiger partial charge in [-0.2, -0.15) is 5.10 Å². The number of nitrogens with one attached hydrogen (secondary N) is 1. The zero-order valence-electron chi connectivity index (χ0n) is 16.6. The second kappa shape index (κ2) is 8.58. The van der Waals surface area contributed by atoms with E-state index in [-0.39, 0.29) is 11.3 Å². The summed E-state index contributed by atoms with van der Waals surface area (Å²) in [6.07, 6.45) is 1.50. The van der Waals surface area contributed by atoms with Gasteiger partial charge in [0.15, 0.2) is 11.5 Å². The van der Waals surface area contributed by atoms with Gasteiger partial charge in [-0.05, 0) is 35.2 Å². The van der Waals surface area contributed by atoms with Gasteiger partial charge >= 0.3 is 0 Å².